The minimum absolute atomic E-state index is 0.144. The van der Waals surface area contributed by atoms with Crippen LogP contribution < -0.4 is 16.0 Å². The Kier molecular flexibility index (Phi) is 6.93. The lowest BCUT2D eigenvalue weighted by molar-refractivity contribution is -0.136. The van der Waals surface area contributed by atoms with Crippen molar-refractivity contribution in [1.82, 2.24) is 30.2 Å². The lowest BCUT2D eigenvalue weighted by Gasteiger charge is -2.36. The van der Waals surface area contributed by atoms with Crippen LogP contribution >= 0.6 is 0 Å². The molecule has 3 aliphatic heterocycles. The third-order valence-electron chi connectivity index (χ3n) is 7.89. The molecule has 3 aromatic rings. The van der Waals surface area contributed by atoms with E-state index in [-0.39, 0.29) is 24.1 Å². The Morgan fingerprint density at radius 1 is 1.12 bits per heavy atom. The molecule has 1 unspecified atom stereocenters. The van der Waals surface area contributed by atoms with Crippen LogP contribution in [0.1, 0.15) is 46.6 Å². The van der Waals surface area contributed by atoms with Crippen LogP contribution in [0.15, 0.2) is 35.0 Å². The van der Waals surface area contributed by atoms with Gasteiger partial charge in [-0.1, -0.05) is 5.16 Å². The normalized spacial score (nSPS) is 19.7. The first kappa shape index (κ1) is 25.9. The molecule has 3 N–H and O–H groups in total. The Labute approximate surface area is 231 Å². The van der Waals surface area contributed by atoms with Crippen LogP contribution in [0.25, 0.3) is 11.5 Å². The number of benzene rings is 1. The quantitative estimate of drug-likeness (QED) is 0.419. The van der Waals surface area contributed by atoms with Crippen molar-refractivity contribution in [1.29, 1.82) is 0 Å². The minimum Gasteiger partial charge on any atom is -0.397 e. The maximum absolute atomic E-state index is 13.0. The molecule has 3 aliphatic rings. The summed E-state index contributed by atoms with van der Waals surface area (Å²) in [4.78, 5) is 52.0. The van der Waals surface area contributed by atoms with Gasteiger partial charge in [-0.2, -0.15) is 4.98 Å². The van der Waals surface area contributed by atoms with Crippen molar-refractivity contribution in [3.8, 4) is 11.5 Å². The van der Waals surface area contributed by atoms with Crippen LogP contribution in [0.5, 0.6) is 0 Å². The first-order valence-electron chi connectivity index (χ1n) is 13.7. The number of nitrogens with two attached hydrogens (primary N) is 1. The number of piperidine rings is 1. The standard InChI is InChI=1S/C28H32N8O4/c1-17-13-19(29)15-30-25(17)26-32-24(40-33-26)3-2-8-34-9-11-35(12-10-34)20-4-5-21-18(14-20)16-36(28(21)39)22-6-7-23(37)31-27(22)38/h4-5,13-15,22H,2-3,6-12,16,29H2,1H3,(H,31,37,38). The van der Waals surface area contributed by atoms with Gasteiger partial charge in [0, 0.05) is 56.8 Å². The highest BCUT2D eigenvalue weighted by Gasteiger charge is 2.39. The molecule has 2 fully saturated rings. The Bertz CT molecular complexity index is 1460. The zero-order valence-corrected chi connectivity index (χ0v) is 22.4. The van der Waals surface area contributed by atoms with Crippen molar-refractivity contribution < 1.29 is 18.9 Å². The fourth-order valence-corrected chi connectivity index (χ4v) is 5.72. The number of imide groups is 1. The third kappa shape index (κ3) is 5.14. The van der Waals surface area contributed by atoms with Crippen LogP contribution in [0, 0.1) is 6.92 Å². The number of amides is 3. The van der Waals surface area contributed by atoms with Gasteiger partial charge in [0.25, 0.3) is 5.91 Å². The molecule has 0 saturated carbocycles. The van der Waals surface area contributed by atoms with Gasteiger partial charge in [0.15, 0.2) is 0 Å². The Morgan fingerprint density at radius 3 is 2.73 bits per heavy atom. The Morgan fingerprint density at radius 2 is 1.95 bits per heavy atom. The number of anilines is 2. The summed E-state index contributed by atoms with van der Waals surface area (Å²) >= 11 is 0. The van der Waals surface area contributed by atoms with Gasteiger partial charge in [-0.3, -0.25) is 29.6 Å². The van der Waals surface area contributed by atoms with Crippen LogP contribution in [0.2, 0.25) is 0 Å². The predicted molar refractivity (Wildman–Crippen MR) is 146 cm³/mol. The number of carbonyl (C=O) groups is 3. The van der Waals surface area contributed by atoms with E-state index in [1.807, 2.05) is 25.1 Å². The molecule has 2 saturated heterocycles. The summed E-state index contributed by atoms with van der Waals surface area (Å²) in [6.45, 7) is 6.88. The van der Waals surface area contributed by atoms with E-state index in [0.29, 0.717) is 48.0 Å². The second kappa shape index (κ2) is 10.7. The largest absolute Gasteiger partial charge is 0.397 e. The van der Waals surface area contributed by atoms with Crippen molar-refractivity contribution in [3.05, 3.63) is 53.0 Å². The molecule has 208 valence electrons. The average Bonchev–Trinajstić information content (AvgIpc) is 3.53. The van der Waals surface area contributed by atoms with E-state index in [1.54, 1.807) is 11.1 Å². The molecule has 1 atom stereocenters. The number of rotatable bonds is 7. The molecule has 12 heteroatoms. The number of piperazine rings is 1. The predicted octanol–water partition coefficient (Wildman–Crippen LogP) is 1.54. The maximum atomic E-state index is 13.0. The number of nitrogens with zero attached hydrogens (tertiary/aromatic N) is 6. The molecular weight excluding hydrogens is 512 g/mol. The number of nitrogen functional groups attached to an aromatic ring is 1. The van der Waals surface area contributed by atoms with E-state index < -0.39 is 6.04 Å². The summed E-state index contributed by atoms with van der Waals surface area (Å²) in [7, 11) is 0. The van der Waals surface area contributed by atoms with Gasteiger partial charge in [-0.05, 0) is 61.7 Å². The lowest BCUT2D eigenvalue weighted by atomic mass is 10.0. The van der Waals surface area contributed by atoms with Gasteiger partial charge in [-0.25, -0.2) is 0 Å². The first-order chi connectivity index (χ1) is 19.4. The zero-order chi connectivity index (χ0) is 27.8. The Balaban J connectivity index is 0.991. The van der Waals surface area contributed by atoms with Crippen molar-refractivity contribution in [2.24, 2.45) is 0 Å². The van der Waals surface area contributed by atoms with Gasteiger partial charge in [-0.15, -0.1) is 0 Å². The van der Waals surface area contributed by atoms with E-state index in [1.165, 1.54) is 0 Å². The number of nitrogens with one attached hydrogen (secondary N) is 1. The molecule has 0 aliphatic carbocycles. The Hall–Kier alpha value is -4.32. The molecule has 6 rings (SSSR count). The third-order valence-corrected chi connectivity index (χ3v) is 7.89. The summed E-state index contributed by atoms with van der Waals surface area (Å²) in [5, 5.41) is 6.44. The molecule has 0 radical (unpaired) electrons. The van der Waals surface area contributed by atoms with E-state index in [9.17, 15) is 14.4 Å². The lowest BCUT2D eigenvalue weighted by Crippen LogP contribution is -2.52. The van der Waals surface area contributed by atoms with E-state index in [0.717, 1.165) is 56.0 Å². The molecule has 40 heavy (non-hydrogen) atoms. The summed E-state index contributed by atoms with van der Waals surface area (Å²) in [5.74, 6) is 0.275. The smallest absolute Gasteiger partial charge is 0.255 e. The first-order valence-corrected chi connectivity index (χ1v) is 13.7. The van der Waals surface area contributed by atoms with E-state index in [4.69, 9.17) is 10.3 Å². The molecule has 5 heterocycles. The summed E-state index contributed by atoms with van der Waals surface area (Å²) in [6.07, 6.45) is 3.82. The number of carbonyl (C=O) groups excluding carboxylic acids is 3. The van der Waals surface area contributed by atoms with Crippen LogP contribution in [0.4, 0.5) is 11.4 Å². The van der Waals surface area contributed by atoms with Crippen molar-refractivity contribution in [3.63, 3.8) is 0 Å². The van der Waals surface area contributed by atoms with Crippen molar-refractivity contribution >= 4 is 29.1 Å². The number of hydrogen-bond acceptors (Lipinski definition) is 10. The number of aromatic nitrogens is 3. The highest BCUT2D eigenvalue weighted by Crippen LogP contribution is 2.31. The van der Waals surface area contributed by atoms with Gasteiger partial charge in [0.2, 0.25) is 23.5 Å². The fourth-order valence-electron chi connectivity index (χ4n) is 5.72. The molecule has 0 bridgehead atoms. The van der Waals surface area contributed by atoms with Crippen LogP contribution in [-0.2, 0) is 22.6 Å². The van der Waals surface area contributed by atoms with Gasteiger partial charge < -0.3 is 20.1 Å². The van der Waals surface area contributed by atoms with Crippen molar-refractivity contribution in [2.75, 3.05) is 43.4 Å². The van der Waals surface area contributed by atoms with Gasteiger partial charge >= 0.3 is 0 Å². The van der Waals surface area contributed by atoms with Gasteiger partial charge in [0.05, 0.1) is 11.9 Å². The molecule has 2 aromatic heterocycles. The van der Waals surface area contributed by atoms with Crippen LogP contribution in [-0.4, -0.2) is 81.4 Å². The molecule has 0 spiro atoms. The van der Waals surface area contributed by atoms with Crippen molar-refractivity contribution in [2.45, 2.75) is 45.2 Å². The fraction of sp³-hybridized carbons (Fsp3) is 0.429. The maximum Gasteiger partial charge on any atom is 0.255 e. The number of pyridine rings is 1. The van der Waals surface area contributed by atoms with Gasteiger partial charge in [0.1, 0.15) is 11.7 Å². The number of hydrogen-bond donors (Lipinski definition) is 2. The second-order valence-electron chi connectivity index (χ2n) is 10.6. The molecule has 3 amide bonds. The van der Waals surface area contributed by atoms with E-state index >= 15 is 0 Å². The van der Waals surface area contributed by atoms with Crippen LogP contribution in [0.3, 0.4) is 0 Å². The second-order valence-corrected chi connectivity index (χ2v) is 10.6. The topological polar surface area (TPSA) is 151 Å². The highest BCUT2D eigenvalue weighted by molar-refractivity contribution is 6.05. The number of aryl methyl sites for hydroxylation is 2. The monoisotopic (exact) mass is 544 g/mol. The SMILES string of the molecule is Cc1cc(N)cnc1-c1noc(CCCN2CCN(c3ccc4c(c3)CN(C3CCC(=O)NC3=O)C4=O)CC2)n1. The summed E-state index contributed by atoms with van der Waals surface area (Å²) in [6, 6.07) is 7.17. The number of fused-ring (bicyclic) bond motifs is 1. The molecule has 12 nitrogen and oxygen atoms in total. The summed E-state index contributed by atoms with van der Waals surface area (Å²) in [5.41, 5.74) is 10.6. The summed E-state index contributed by atoms with van der Waals surface area (Å²) < 4.78 is 5.45. The molecule has 1 aromatic carbocycles. The molecular formula is C28H32N8O4. The van der Waals surface area contributed by atoms with E-state index in [2.05, 4.69) is 36.3 Å². The highest BCUT2D eigenvalue weighted by atomic mass is 16.5. The minimum atomic E-state index is -0.596. The average molecular weight is 545 g/mol. The zero-order valence-electron chi connectivity index (χ0n) is 22.4.